The first-order valence-electron chi connectivity index (χ1n) is 8.30. The van der Waals surface area contributed by atoms with Crippen LogP contribution in [-0.4, -0.2) is 23.1 Å². The number of methoxy groups -OCH3 is 1. The Hall–Kier alpha value is -2.49. The summed E-state index contributed by atoms with van der Waals surface area (Å²) in [6.07, 6.45) is 2.72. The number of phenolic OH excluding ortho intramolecular Hbond substituents is 2. The van der Waals surface area contributed by atoms with Crippen molar-refractivity contribution in [1.82, 2.24) is 0 Å². The summed E-state index contributed by atoms with van der Waals surface area (Å²) < 4.78 is 5.45. The van der Waals surface area contributed by atoms with E-state index < -0.39 is 0 Å². The molecule has 0 bridgehead atoms. The van der Waals surface area contributed by atoms with Crippen LogP contribution in [0.4, 0.5) is 0 Å². The summed E-state index contributed by atoms with van der Waals surface area (Å²) in [5.74, 6) is -0.263. The van der Waals surface area contributed by atoms with Crippen LogP contribution in [0.2, 0.25) is 0 Å². The van der Waals surface area contributed by atoms with Gasteiger partial charge in [0.15, 0.2) is 0 Å². The molecule has 0 spiro atoms. The minimum atomic E-state index is -0.386. The van der Waals surface area contributed by atoms with Gasteiger partial charge in [-0.2, -0.15) is 0 Å². The Balaban J connectivity index is 2.73. The van der Waals surface area contributed by atoms with Gasteiger partial charge in [0.05, 0.1) is 7.11 Å². The van der Waals surface area contributed by atoms with Gasteiger partial charge in [-0.05, 0) is 12.8 Å². The van der Waals surface area contributed by atoms with Crippen LogP contribution in [-0.2, 0) is 12.8 Å². The summed E-state index contributed by atoms with van der Waals surface area (Å²) in [7, 11) is 1.52. The van der Waals surface area contributed by atoms with Gasteiger partial charge in [0.25, 0.3) is 0 Å². The van der Waals surface area contributed by atoms with Crippen molar-refractivity contribution in [2.45, 2.75) is 39.5 Å². The lowest BCUT2D eigenvalue weighted by molar-refractivity contribution is 0.103. The van der Waals surface area contributed by atoms with E-state index in [0.717, 1.165) is 12.8 Å². The Kier molecular flexibility index (Phi) is 5.85. The molecule has 0 aliphatic carbocycles. The average Bonchev–Trinajstić information content (AvgIpc) is 2.60. The Morgan fingerprint density at radius 3 is 1.88 bits per heavy atom. The maximum absolute atomic E-state index is 12.8. The number of aromatic hydroxyl groups is 2. The van der Waals surface area contributed by atoms with Crippen molar-refractivity contribution in [3.05, 3.63) is 52.6 Å². The largest absolute Gasteiger partial charge is 0.507 e. The molecular weight excluding hydrogens is 304 g/mol. The zero-order valence-electron chi connectivity index (χ0n) is 14.4. The fraction of sp³-hybridized carbons (Fsp3) is 0.350. The van der Waals surface area contributed by atoms with Crippen LogP contribution in [0.5, 0.6) is 17.2 Å². The quantitative estimate of drug-likeness (QED) is 0.746. The minimum absolute atomic E-state index is 0.0334. The van der Waals surface area contributed by atoms with Crippen LogP contribution < -0.4 is 4.74 Å². The molecule has 2 N–H and O–H groups in total. The standard InChI is InChI=1S/C20H24O4/c1-4-9-14-18(22)16(17(21)13-11-7-6-8-12-13)19(23)15(10-5-2)20(14)24-3/h6-8,11-12,22-23H,4-5,9-10H2,1-3H3. The number of phenols is 2. The fourth-order valence-corrected chi connectivity index (χ4v) is 2.97. The molecule has 4 heteroatoms. The van der Waals surface area contributed by atoms with Gasteiger partial charge in [-0.25, -0.2) is 0 Å². The number of benzene rings is 2. The molecule has 4 nitrogen and oxygen atoms in total. The van der Waals surface area contributed by atoms with Crippen LogP contribution in [0, 0.1) is 0 Å². The van der Waals surface area contributed by atoms with Crippen molar-refractivity contribution in [2.75, 3.05) is 7.11 Å². The predicted octanol–water partition coefficient (Wildman–Crippen LogP) is 4.24. The normalized spacial score (nSPS) is 10.6. The van der Waals surface area contributed by atoms with Gasteiger partial charge in [0, 0.05) is 16.7 Å². The van der Waals surface area contributed by atoms with E-state index in [1.807, 2.05) is 19.9 Å². The molecule has 0 atom stereocenters. The van der Waals surface area contributed by atoms with Crippen molar-refractivity contribution in [3.63, 3.8) is 0 Å². The molecule has 2 aromatic rings. The summed E-state index contributed by atoms with van der Waals surface area (Å²) >= 11 is 0. The zero-order chi connectivity index (χ0) is 17.7. The van der Waals surface area contributed by atoms with Crippen molar-refractivity contribution >= 4 is 5.78 Å². The second-order valence-electron chi connectivity index (χ2n) is 5.76. The van der Waals surface area contributed by atoms with E-state index in [2.05, 4.69) is 0 Å². The van der Waals surface area contributed by atoms with Gasteiger partial charge >= 0.3 is 0 Å². The van der Waals surface area contributed by atoms with Crippen LogP contribution in [0.15, 0.2) is 30.3 Å². The first-order valence-corrected chi connectivity index (χ1v) is 8.30. The van der Waals surface area contributed by atoms with Crippen LogP contribution in [0.1, 0.15) is 53.7 Å². The van der Waals surface area contributed by atoms with Crippen molar-refractivity contribution < 1.29 is 19.7 Å². The summed E-state index contributed by atoms with van der Waals surface area (Å²) in [5, 5.41) is 21.4. The number of carbonyl (C=O) groups excluding carboxylic acids is 1. The molecule has 0 saturated heterocycles. The molecule has 128 valence electrons. The third kappa shape index (κ3) is 3.23. The second-order valence-corrected chi connectivity index (χ2v) is 5.76. The van der Waals surface area contributed by atoms with Gasteiger partial charge in [-0.1, -0.05) is 57.0 Å². The maximum Gasteiger partial charge on any atom is 0.200 e. The van der Waals surface area contributed by atoms with Gasteiger partial charge < -0.3 is 14.9 Å². The Bertz CT molecular complexity index is 687. The smallest absolute Gasteiger partial charge is 0.200 e. The molecule has 0 amide bonds. The lowest BCUT2D eigenvalue weighted by Gasteiger charge is -2.19. The van der Waals surface area contributed by atoms with Gasteiger partial charge in [0.2, 0.25) is 5.78 Å². The number of hydrogen-bond acceptors (Lipinski definition) is 4. The number of ether oxygens (including phenoxy) is 1. The Labute approximate surface area is 142 Å². The first kappa shape index (κ1) is 17.9. The highest BCUT2D eigenvalue weighted by Crippen LogP contribution is 2.44. The number of hydrogen-bond donors (Lipinski definition) is 2. The van der Waals surface area contributed by atoms with E-state index in [0.29, 0.717) is 35.3 Å². The van der Waals surface area contributed by atoms with E-state index in [1.165, 1.54) is 7.11 Å². The van der Waals surface area contributed by atoms with Crippen molar-refractivity contribution in [3.8, 4) is 17.2 Å². The molecule has 0 aromatic heterocycles. The van der Waals surface area contributed by atoms with E-state index >= 15 is 0 Å². The predicted molar refractivity (Wildman–Crippen MR) is 94.2 cm³/mol. The molecule has 24 heavy (non-hydrogen) atoms. The first-order chi connectivity index (χ1) is 11.6. The zero-order valence-corrected chi connectivity index (χ0v) is 14.4. The highest BCUT2D eigenvalue weighted by atomic mass is 16.5. The molecule has 0 saturated carbocycles. The third-order valence-corrected chi connectivity index (χ3v) is 4.06. The Morgan fingerprint density at radius 2 is 1.46 bits per heavy atom. The molecule has 0 heterocycles. The summed E-state index contributed by atoms with van der Waals surface area (Å²) in [6.45, 7) is 3.98. The van der Waals surface area contributed by atoms with Gasteiger partial charge in [0.1, 0.15) is 22.8 Å². The molecule has 0 radical (unpaired) electrons. The molecule has 2 aromatic carbocycles. The van der Waals surface area contributed by atoms with Crippen LogP contribution >= 0.6 is 0 Å². The Morgan fingerprint density at radius 1 is 0.958 bits per heavy atom. The number of rotatable bonds is 7. The molecule has 0 aliphatic rings. The molecule has 0 unspecified atom stereocenters. The van der Waals surface area contributed by atoms with Crippen molar-refractivity contribution in [2.24, 2.45) is 0 Å². The SMILES string of the molecule is CCCc1c(O)c(C(=O)c2ccccc2)c(O)c(CCC)c1OC. The fourth-order valence-electron chi connectivity index (χ4n) is 2.97. The second kappa shape index (κ2) is 7.86. The van der Waals surface area contributed by atoms with E-state index in [-0.39, 0.29) is 22.8 Å². The minimum Gasteiger partial charge on any atom is -0.507 e. The van der Waals surface area contributed by atoms with E-state index in [1.54, 1.807) is 24.3 Å². The number of ketones is 1. The van der Waals surface area contributed by atoms with Crippen LogP contribution in [0.25, 0.3) is 0 Å². The van der Waals surface area contributed by atoms with Crippen LogP contribution in [0.3, 0.4) is 0 Å². The molecule has 0 aliphatic heterocycles. The monoisotopic (exact) mass is 328 g/mol. The topological polar surface area (TPSA) is 66.8 Å². The molecule has 0 fully saturated rings. The lowest BCUT2D eigenvalue weighted by atomic mass is 9.91. The summed E-state index contributed by atoms with van der Waals surface area (Å²) in [5.41, 5.74) is 1.56. The van der Waals surface area contributed by atoms with Crippen molar-refractivity contribution in [1.29, 1.82) is 0 Å². The highest BCUT2D eigenvalue weighted by molar-refractivity contribution is 6.13. The van der Waals surface area contributed by atoms with Gasteiger partial charge in [-0.15, -0.1) is 0 Å². The number of carbonyl (C=O) groups is 1. The third-order valence-electron chi connectivity index (χ3n) is 4.06. The maximum atomic E-state index is 12.8. The summed E-state index contributed by atoms with van der Waals surface area (Å²) in [6, 6.07) is 8.67. The molecule has 2 rings (SSSR count). The molecular formula is C20H24O4. The van der Waals surface area contributed by atoms with E-state index in [4.69, 9.17) is 4.74 Å². The average molecular weight is 328 g/mol. The highest BCUT2D eigenvalue weighted by Gasteiger charge is 2.28. The van der Waals surface area contributed by atoms with Gasteiger partial charge in [-0.3, -0.25) is 4.79 Å². The lowest BCUT2D eigenvalue weighted by Crippen LogP contribution is -2.08. The summed E-state index contributed by atoms with van der Waals surface area (Å²) in [4.78, 5) is 12.8. The van der Waals surface area contributed by atoms with E-state index in [9.17, 15) is 15.0 Å².